The second kappa shape index (κ2) is 7.92. The van der Waals surface area contributed by atoms with Crippen LogP contribution in [0.2, 0.25) is 0 Å². The summed E-state index contributed by atoms with van der Waals surface area (Å²) in [5.41, 5.74) is 6.11. The van der Waals surface area contributed by atoms with Crippen molar-refractivity contribution in [3.63, 3.8) is 0 Å². The van der Waals surface area contributed by atoms with Gasteiger partial charge in [0.2, 0.25) is 5.91 Å². The van der Waals surface area contributed by atoms with Gasteiger partial charge in [-0.1, -0.05) is 0 Å². The van der Waals surface area contributed by atoms with Gasteiger partial charge in [-0.3, -0.25) is 4.79 Å². The van der Waals surface area contributed by atoms with E-state index < -0.39 is 0 Å². The first-order valence-electron chi connectivity index (χ1n) is 5.30. The lowest BCUT2D eigenvalue weighted by atomic mass is 10.4. The maximum absolute atomic E-state index is 11.5. The third-order valence-electron chi connectivity index (χ3n) is 1.94. The van der Waals surface area contributed by atoms with Crippen LogP contribution in [0.15, 0.2) is 18.3 Å². The number of carbonyl (C=O) groups excluding carboxylic acids is 1. The van der Waals surface area contributed by atoms with Crippen molar-refractivity contribution in [3.8, 4) is 0 Å². The van der Waals surface area contributed by atoms with Crippen LogP contribution in [0.4, 0.5) is 11.5 Å². The van der Waals surface area contributed by atoms with E-state index in [2.05, 4.69) is 10.3 Å². The fourth-order valence-corrected chi connectivity index (χ4v) is 1.87. The number of nitrogens with one attached hydrogen (secondary N) is 1. The van der Waals surface area contributed by atoms with E-state index in [1.165, 1.54) is 0 Å². The second-order valence-corrected chi connectivity index (χ2v) is 4.52. The molecule has 0 bridgehead atoms. The summed E-state index contributed by atoms with van der Waals surface area (Å²) in [5.74, 6) is 1.77. The van der Waals surface area contributed by atoms with Crippen LogP contribution in [0.25, 0.3) is 0 Å². The summed E-state index contributed by atoms with van der Waals surface area (Å²) in [6.45, 7) is 0.733. The molecule has 1 aromatic heterocycles. The van der Waals surface area contributed by atoms with Gasteiger partial charge in [-0.2, -0.15) is 11.8 Å². The van der Waals surface area contributed by atoms with Crippen LogP contribution in [0.3, 0.4) is 0 Å². The summed E-state index contributed by atoms with van der Waals surface area (Å²) in [7, 11) is 1.67. The summed E-state index contributed by atoms with van der Waals surface area (Å²) < 4.78 is 4.92. The second-order valence-electron chi connectivity index (χ2n) is 3.42. The lowest BCUT2D eigenvalue weighted by Crippen LogP contribution is -2.14. The lowest BCUT2D eigenvalue weighted by Gasteiger charge is -2.04. The van der Waals surface area contributed by atoms with Crippen molar-refractivity contribution >= 4 is 29.2 Å². The Morgan fingerprint density at radius 1 is 1.59 bits per heavy atom. The molecular formula is C11H17N3O2S. The number of aromatic nitrogens is 1. The number of hydrogen-bond donors (Lipinski definition) is 2. The molecule has 1 rings (SSSR count). The van der Waals surface area contributed by atoms with Crippen LogP contribution < -0.4 is 11.1 Å². The predicted octanol–water partition coefficient (Wildman–Crippen LogP) is 1.37. The number of rotatable bonds is 7. The Hall–Kier alpha value is -1.27. The van der Waals surface area contributed by atoms with Crippen LogP contribution in [0, 0.1) is 0 Å². The van der Waals surface area contributed by atoms with Gasteiger partial charge in [-0.05, 0) is 24.3 Å². The smallest absolute Gasteiger partial charge is 0.234 e. The zero-order valence-electron chi connectivity index (χ0n) is 9.81. The van der Waals surface area contributed by atoms with E-state index in [9.17, 15) is 4.79 Å². The maximum atomic E-state index is 11.5. The summed E-state index contributed by atoms with van der Waals surface area (Å²) >= 11 is 1.59. The molecule has 94 valence electrons. The third-order valence-corrected chi connectivity index (χ3v) is 2.98. The van der Waals surface area contributed by atoms with E-state index in [1.54, 1.807) is 37.2 Å². The van der Waals surface area contributed by atoms with Gasteiger partial charge >= 0.3 is 0 Å². The first-order chi connectivity index (χ1) is 8.22. The average molecular weight is 255 g/mol. The quantitative estimate of drug-likeness (QED) is 0.720. The highest BCUT2D eigenvalue weighted by molar-refractivity contribution is 7.99. The van der Waals surface area contributed by atoms with Crippen molar-refractivity contribution in [2.24, 2.45) is 0 Å². The number of amides is 1. The van der Waals surface area contributed by atoms with E-state index >= 15 is 0 Å². The fourth-order valence-electron chi connectivity index (χ4n) is 1.15. The molecule has 6 heteroatoms. The van der Waals surface area contributed by atoms with Crippen LogP contribution >= 0.6 is 11.8 Å². The maximum Gasteiger partial charge on any atom is 0.234 e. The van der Waals surface area contributed by atoms with Gasteiger partial charge in [0.1, 0.15) is 5.82 Å². The highest BCUT2D eigenvalue weighted by atomic mass is 32.2. The van der Waals surface area contributed by atoms with Crippen LogP contribution in [-0.4, -0.2) is 36.1 Å². The Morgan fingerprint density at radius 3 is 3.06 bits per heavy atom. The normalized spacial score (nSPS) is 10.2. The molecule has 0 saturated carbocycles. The number of nitrogens with two attached hydrogens (primary N) is 1. The van der Waals surface area contributed by atoms with Gasteiger partial charge in [0, 0.05) is 13.7 Å². The largest absolute Gasteiger partial charge is 0.385 e. The van der Waals surface area contributed by atoms with Crippen molar-refractivity contribution in [1.82, 2.24) is 4.98 Å². The number of anilines is 2. The minimum Gasteiger partial charge on any atom is -0.385 e. The zero-order valence-corrected chi connectivity index (χ0v) is 10.6. The molecule has 0 fully saturated rings. The first-order valence-corrected chi connectivity index (χ1v) is 6.46. The lowest BCUT2D eigenvalue weighted by molar-refractivity contribution is -0.113. The highest BCUT2D eigenvalue weighted by Crippen LogP contribution is 2.08. The van der Waals surface area contributed by atoms with Gasteiger partial charge in [-0.15, -0.1) is 0 Å². The molecule has 17 heavy (non-hydrogen) atoms. The summed E-state index contributed by atoms with van der Waals surface area (Å²) in [5, 5.41) is 2.75. The molecule has 0 saturated heterocycles. The Morgan fingerprint density at radius 2 is 2.41 bits per heavy atom. The Labute approximate surface area is 105 Å². The Kier molecular flexibility index (Phi) is 6.42. The molecule has 0 aliphatic heterocycles. The Balaban J connectivity index is 2.18. The molecule has 0 aromatic carbocycles. The molecule has 0 aliphatic rings. The molecule has 0 radical (unpaired) electrons. The molecule has 3 N–H and O–H groups in total. The number of methoxy groups -OCH3 is 1. The van der Waals surface area contributed by atoms with Crippen molar-refractivity contribution in [2.75, 3.05) is 36.3 Å². The first kappa shape index (κ1) is 13.8. The predicted molar refractivity (Wildman–Crippen MR) is 71.1 cm³/mol. The molecule has 1 aromatic rings. The minimum absolute atomic E-state index is 0.0287. The number of nitrogens with zero attached hydrogens (tertiary/aromatic N) is 1. The molecule has 0 atom stereocenters. The summed E-state index contributed by atoms with van der Waals surface area (Å²) in [6.07, 6.45) is 2.50. The minimum atomic E-state index is -0.0287. The molecule has 0 unspecified atom stereocenters. The molecule has 5 nitrogen and oxygen atoms in total. The number of hydrogen-bond acceptors (Lipinski definition) is 5. The van der Waals surface area contributed by atoms with Gasteiger partial charge in [0.25, 0.3) is 0 Å². The van der Waals surface area contributed by atoms with E-state index in [4.69, 9.17) is 10.5 Å². The van der Waals surface area contributed by atoms with E-state index in [0.717, 1.165) is 18.8 Å². The SMILES string of the molecule is COCCCSCC(=O)Nc1ccc(N)nc1. The highest BCUT2D eigenvalue weighted by Gasteiger charge is 2.02. The van der Waals surface area contributed by atoms with Gasteiger partial charge in [0.05, 0.1) is 17.6 Å². The molecule has 1 heterocycles. The number of ether oxygens (including phenoxy) is 1. The summed E-state index contributed by atoms with van der Waals surface area (Å²) in [4.78, 5) is 15.4. The van der Waals surface area contributed by atoms with Crippen molar-refractivity contribution in [1.29, 1.82) is 0 Å². The van der Waals surface area contributed by atoms with Gasteiger partial charge in [-0.25, -0.2) is 4.98 Å². The van der Waals surface area contributed by atoms with E-state index in [1.807, 2.05) is 0 Å². The summed E-state index contributed by atoms with van der Waals surface area (Å²) in [6, 6.07) is 3.39. The fraction of sp³-hybridized carbons (Fsp3) is 0.455. The molecule has 0 spiro atoms. The van der Waals surface area contributed by atoms with E-state index in [-0.39, 0.29) is 5.91 Å². The molecule has 1 amide bonds. The number of nitrogen functional groups attached to an aromatic ring is 1. The van der Waals surface area contributed by atoms with Gasteiger partial charge < -0.3 is 15.8 Å². The molecular weight excluding hydrogens is 238 g/mol. The topological polar surface area (TPSA) is 77.2 Å². The average Bonchev–Trinajstić information content (AvgIpc) is 2.32. The molecule has 0 aliphatic carbocycles. The van der Waals surface area contributed by atoms with Crippen molar-refractivity contribution in [2.45, 2.75) is 6.42 Å². The number of carbonyl (C=O) groups is 1. The third kappa shape index (κ3) is 6.13. The van der Waals surface area contributed by atoms with Crippen LogP contribution in [-0.2, 0) is 9.53 Å². The van der Waals surface area contributed by atoms with Crippen molar-refractivity contribution in [3.05, 3.63) is 18.3 Å². The van der Waals surface area contributed by atoms with Crippen molar-refractivity contribution < 1.29 is 9.53 Å². The monoisotopic (exact) mass is 255 g/mol. The van der Waals surface area contributed by atoms with Gasteiger partial charge in [0.15, 0.2) is 0 Å². The Bertz CT molecular complexity index is 343. The number of thioether (sulfide) groups is 1. The standard InChI is InChI=1S/C11H17N3O2S/c1-16-5-2-6-17-8-11(15)14-9-3-4-10(12)13-7-9/h3-4,7H,2,5-6,8H2,1H3,(H2,12,13)(H,14,15). The van der Waals surface area contributed by atoms with Crippen LogP contribution in [0.5, 0.6) is 0 Å². The van der Waals surface area contributed by atoms with Crippen LogP contribution in [0.1, 0.15) is 6.42 Å². The van der Waals surface area contributed by atoms with E-state index in [0.29, 0.717) is 17.3 Å². The number of pyridine rings is 1. The zero-order chi connectivity index (χ0) is 12.5.